The van der Waals surface area contributed by atoms with E-state index in [0.717, 1.165) is 27.8 Å². The van der Waals surface area contributed by atoms with Crippen molar-refractivity contribution < 1.29 is 18.3 Å². The first kappa shape index (κ1) is 18.8. The van der Waals surface area contributed by atoms with Crippen LogP contribution in [0.3, 0.4) is 0 Å². The Kier molecular flexibility index (Phi) is 5.33. The molecule has 148 valence electrons. The van der Waals surface area contributed by atoms with Crippen molar-refractivity contribution in [2.45, 2.75) is 20.0 Å². The molecule has 0 radical (unpaired) electrons. The number of hydrogen-bond acceptors (Lipinski definition) is 3. The number of nitrogens with one attached hydrogen (secondary N) is 2. The maximum Gasteiger partial charge on any atom is 0.287 e. The number of furan rings is 1. The summed E-state index contributed by atoms with van der Waals surface area (Å²) in [7, 11) is 0. The average molecular weight is 392 g/mol. The van der Waals surface area contributed by atoms with Gasteiger partial charge in [-0.1, -0.05) is 17.7 Å². The molecule has 2 aromatic heterocycles. The Hall–Kier alpha value is -3.54. The Morgan fingerprint density at radius 3 is 2.79 bits per heavy atom. The molecule has 0 fully saturated rings. The molecule has 0 bridgehead atoms. The molecule has 0 aliphatic heterocycles. The minimum absolute atomic E-state index is 0.234. The van der Waals surface area contributed by atoms with Crippen molar-refractivity contribution in [2.24, 2.45) is 0 Å². The van der Waals surface area contributed by atoms with Crippen molar-refractivity contribution in [3.8, 4) is 5.75 Å². The molecule has 4 aromatic rings. The number of carbonyl (C=O) groups excluding carboxylic acids is 1. The molecule has 2 aromatic carbocycles. The van der Waals surface area contributed by atoms with E-state index in [-0.39, 0.29) is 24.1 Å². The number of hydrogen-bond donors (Lipinski definition) is 2. The van der Waals surface area contributed by atoms with E-state index in [1.165, 1.54) is 12.1 Å². The lowest BCUT2D eigenvalue weighted by Crippen LogP contribution is -2.25. The quantitative estimate of drug-likeness (QED) is 0.477. The van der Waals surface area contributed by atoms with Crippen molar-refractivity contribution in [1.82, 2.24) is 10.3 Å². The van der Waals surface area contributed by atoms with Crippen LogP contribution in [0.2, 0.25) is 0 Å². The zero-order valence-corrected chi connectivity index (χ0v) is 16.0. The summed E-state index contributed by atoms with van der Waals surface area (Å²) in [4.78, 5) is 15.4. The van der Waals surface area contributed by atoms with Gasteiger partial charge in [0.25, 0.3) is 5.91 Å². The average Bonchev–Trinajstić information content (AvgIpc) is 3.35. The molecule has 6 heteroatoms. The number of aryl methyl sites for hydroxylation is 1. The molecule has 29 heavy (non-hydrogen) atoms. The van der Waals surface area contributed by atoms with E-state index in [1.807, 2.05) is 37.4 Å². The number of amides is 1. The van der Waals surface area contributed by atoms with Gasteiger partial charge in [-0.15, -0.1) is 0 Å². The smallest absolute Gasteiger partial charge is 0.287 e. The molecule has 4 rings (SSSR count). The van der Waals surface area contributed by atoms with Crippen LogP contribution in [0.25, 0.3) is 10.9 Å². The molecular formula is C23H21FN2O3. The lowest BCUT2D eigenvalue weighted by atomic mass is 10.1. The topological polar surface area (TPSA) is 67.3 Å². The van der Waals surface area contributed by atoms with Gasteiger partial charge >= 0.3 is 0 Å². The van der Waals surface area contributed by atoms with Gasteiger partial charge in [0.1, 0.15) is 23.9 Å². The summed E-state index contributed by atoms with van der Waals surface area (Å²) in [5.41, 5.74) is 2.98. The Labute approximate surface area is 167 Å². The number of carbonyl (C=O) groups is 1. The Bertz CT molecular complexity index is 1130. The van der Waals surface area contributed by atoms with E-state index >= 15 is 0 Å². The number of fused-ring (bicyclic) bond motifs is 1. The van der Waals surface area contributed by atoms with Crippen molar-refractivity contribution >= 4 is 16.8 Å². The summed E-state index contributed by atoms with van der Waals surface area (Å²) in [6.45, 7) is 2.67. The molecule has 0 saturated heterocycles. The van der Waals surface area contributed by atoms with Gasteiger partial charge in [0.15, 0.2) is 5.76 Å². The van der Waals surface area contributed by atoms with Crippen LogP contribution in [0.4, 0.5) is 4.39 Å². The number of ether oxygens (including phenoxy) is 1. The van der Waals surface area contributed by atoms with Gasteiger partial charge in [0.05, 0.1) is 0 Å². The minimum atomic E-state index is -0.294. The third kappa shape index (κ3) is 4.48. The van der Waals surface area contributed by atoms with Gasteiger partial charge in [-0.05, 0) is 61.4 Å². The highest BCUT2D eigenvalue weighted by molar-refractivity contribution is 5.91. The third-order valence-electron chi connectivity index (χ3n) is 4.70. The Morgan fingerprint density at radius 2 is 1.97 bits per heavy atom. The Balaban J connectivity index is 1.29. The van der Waals surface area contributed by atoms with E-state index in [0.29, 0.717) is 18.7 Å². The van der Waals surface area contributed by atoms with Crippen LogP contribution in [0.1, 0.15) is 27.4 Å². The molecule has 5 nitrogen and oxygen atoms in total. The molecule has 2 N–H and O–H groups in total. The first-order valence-electron chi connectivity index (χ1n) is 9.40. The molecule has 0 atom stereocenters. The maximum atomic E-state index is 13.5. The SMILES string of the molecule is Cc1ccc(OCc2ccc(C(=O)NCCc3c[nH]c4ccc(F)cc34)o2)cc1. The molecule has 0 unspecified atom stereocenters. The van der Waals surface area contributed by atoms with E-state index in [4.69, 9.17) is 9.15 Å². The maximum absolute atomic E-state index is 13.5. The fraction of sp³-hybridized carbons (Fsp3) is 0.174. The zero-order valence-electron chi connectivity index (χ0n) is 16.0. The molecule has 0 aliphatic carbocycles. The van der Waals surface area contributed by atoms with Crippen molar-refractivity contribution in [3.05, 3.63) is 89.3 Å². The van der Waals surface area contributed by atoms with Crippen LogP contribution >= 0.6 is 0 Å². The van der Waals surface area contributed by atoms with Crippen molar-refractivity contribution in [1.29, 1.82) is 0 Å². The van der Waals surface area contributed by atoms with Crippen LogP contribution < -0.4 is 10.1 Å². The van der Waals surface area contributed by atoms with Gasteiger partial charge in [-0.3, -0.25) is 4.79 Å². The molecule has 2 heterocycles. The van der Waals surface area contributed by atoms with Crippen LogP contribution in [0.5, 0.6) is 5.75 Å². The second kappa shape index (κ2) is 8.22. The Morgan fingerprint density at radius 1 is 1.14 bits per heavy atom. The van der Waals surface area contributed by atoms with E-state index < -0.39 is 0 Å². The molecular weight excluding hydrogens is 371 g/mol. The van der Waals surface area contributed by atoms with Crippen molar-refractivity contribution in [2.75, 3.05) is 6.54 Å². The van der Waals surface area contributed by atoms with Crippen LogP contribution in [-0.2, 0) is 13.0 Å². The highest BCUT2D eigenvalue weighted by atomic mass is 19.1. The largest absolute Gasteiger partial charge is 0.486 e. The monoisotopic (exact) mass is 392 g/mol. The second-order valence-electron chi connectivity index (χ2n) is 6.88. The van der Waals surface area contributed by atoms with Crippen LogP contribution in [0, 0.1) is 12.7 Å². The number of rotatable bonds is 7. The van der Waals surface area contributed by atoms with Gasteiger partial charge in [0.2, 0.25) is 0 Å². The van der Waals surface area contributed by atoms with Crippen molar-refractivity contribution in [3.63, 3.8) is 0 Å². The van der Waals surface area contributed by atoms with E-state index in [1.54, 1.807) is 18.2 Å². The first-order chi connectivity index (χ1) is 14.1. The molecule has 0 spiro atoms. The normalized spacial score (nSPS) is 11.0. The lowest BCUT2D eigenvalue weighted by molar-refractivity contribution is 0.0922. The molecule has 0 aliphatic rings. The van der Waals surface area contributed by atoms with Crippen LogP contribution in [0.15, 0.2) is 65.2 Å². The predicted molar refractivity (Wildman–Crippen MR) is 109 cm³/mol. The number of aromatic amines is 1. The fourth-order valence-electron chi connectivity index (χ4n) is 3.12. The number of H-pyrrole nitrogens is 1. The van der Waals surface area contributed by atoms with Gasteiger partial charge in [0, 0.05) is 23.6 Å². The predicted octanol–water partition coefficient (Wildman–Crippen LogP) is 4.76. The number of halogens is 1. The fourth-order valence-corrected chi connectivity index (χ4v) is 3.12. The van der Waals surface area contributed by atoms with E-state index in [9.17, 15) is 9.18 Å². The summed E-state index contributed by atoms with van der Waals surface area (Å²) in [6, 6.07) is 15.7. The number of aromatic nitrogens is 1. The second-order valence-corrected chi connectivity index (χ2v) is 6.88. The highest BCUT2D eigenvalue weighted by Gasteiger charge is 2.12. The summed E-state index contributed by atoms with van der Waals surface area (Å²) >= 11 is 0. The standard InChI is InChI=1S/C23H21FN2O3/c1-15-2-5-18(6-3-15)28-14-19-7-9-22(29-19)23(27)25-11-10-16-13-26-21-8-4-17(24)12-20(16)21/h2-9,12-13,26H,10-11,14H2,1H3,(H,25,27). The summed E-state index contributed by atoms with van der Waals surface area (Å²) in [5, 5.41) is 3.66. The highest BCUT2D eigenvalue weighted by Crippen LogP contribution is 2.20. The lowest BCUT2D eigenvalue weighted by Gasteiger charge is -2.05. The van der Waals surface area contributed by atoms with Crippen LogP contribution in [-0.4, -0.2) is 17.4 Å². The molecule has 1 amide bonds. The number of benzene rings is 2. The zero-order chi connectivity index (χ0) is 20.2. The first-order valence-corrected chi connectivity index (χ1v) is 9.40. The van der Waals surface area contributed by atoms with E-state index in [2.05, 4.69) is 10.3 Å². The third-order valence-corrected chi connectivity index (χ3v) is 4.70. The summed E-state index contributed by atoms with van der Waals surface area (Å²) < 4.78 is 24.7. The summed E-state index contributed by atoms with van der Waals surface area (Å²) in [6.07, 6.45) is 2.42. The minimum Gasteiger partial charge on any atom is -0.486 e. The summed E-state index contributed by atoms with van der Waals surface area (Å²) in [5.74, 6) is 0.976. The van der Waals surface area contributed by atoms with Gasteiger partial charge in [-0.2, -0.15) is 0 Å². The van der Waals surface area contributed by atoms with Gasteiger partial charge in [-0.25, -0.2) is 4.39 Å². The molecule has 0 saturated carbocycles. The van der Waals surface area contributed by atoms with Gasteiger partial charge < -0.3 is 19.5 Å².